The number of guanidine groups is 1. The van der Waals surface area contributed by atoms with Crippen molar-refractivity contribution in [2.45, 2.75) is 12.8 Å². The van der Waals surface area contributed by atoms with E-state index in [1.165, 1.54) is 0 Å². The monoisotopic (exact) mass is 370 g/mol. The fraction of sp³-hybridized carbons (Fsp3) is 0.222. The number of aliphatic imine (C=N–C) groups is 1. The Morgan fingerprint density at radius 2 is 2.00 bits per heavy atom. The van der Waals surface area contributed by atoms with E-state index in [1.54, 1.807) is 18.3 Å². The lowest BCUT2D eigenvalue weighted by Crippen LogP contribution is -2.33. The van der Waals surface area contributed by atoms with Gasteiger partial charge in [0.2, 0.25) is 11.7 Å². The van der Waals surface area contributed by atoms with Gasteiger partial charge < -0.3 is 15.6 Å². The maximum atomic E-state index is 5.87. The van der Waals surface area contributed by atoms with Crippen molar-refractivity contribution in [3.8, 4) is 11.4 Å². The Morgan fingerprint density at radius 1 is 1.15 bits per heavy atom. The molecule has 0 spiro atoms. The zero-order chi connectivity index (χ0) is 18.2. The van der Waals surface area contributed by atoms with Crippen LogP contribution in [0.3, 0.4) is 0 Å². The molecule has 0 radical (unpaired) electrons. The van der Waals surface area contributed by atoms with Crippen LogP contribution in [0, 0.1) is 0 Å². The summed E-state index contributed by atoms with van der Waals surface area (Å²) in [7, 11) is 0. The number of hydrogen-bond donors (Lipinski definition) is 2. The molecule has 0 atom stereocenters. The molecule has 0 aliphatic heterocycles. The first-order valence-electron chi connectivity index (χ1n) is 8.23. The van der Waals surface area contributed by atoms with Gasteiger partial charge in [-0.25, -0.2) is 0 Å². The zero-order valence-electron chi connectivity index (χ0n) is 14.1. The van der Waals surface area contributed by atoms with Crippen LogP contribution in [0.25, 0.3) is 11.4 Å². The van der Waals surface area contributed by atoms with Crippen molar-refractivity contribution in [1.29, 1.82) is 0 Å². The highest BCUT2D eigenvalue weighted by molar-refractivity contribution is 6.30. The van der Waals surface area contributed by atoms with Gasteiger partial charge in [-0.15, -0.1) is 0 Å². The van der Waals surface area contributed by atoms with Crippen molar-refractivity contribution < 1.29 is 4.52 Å². The SMILES string of the molecule is NC(=NCCc1nc(-c2ccc(Cl)cc2)no1)NCCc1ccccn1. The van der Waals surface area contributed by atoms with Crippen molar-refractivity contribution in [2.75, 3.05) is 13.1 Å². The topological polar surface area (TPSA) is 102 Å². The molecule has 0 saturated carbocycles. The number of nitrogens with zero attached hydrogens (tertiary/aromatic N) is 4. The molecule has 3 N–H and O–H groups in total. The van der Waals surface area contributed by atoms with Gasteiger partial charge >= 0.3 is 0 Å². The summed E-state index contributed by atoms with van der Waals surface area (Å²) in [4.78, 5) is 12.9. The van der Waals surface area contributed by atoms with E-state index in [2.05, 4.69) is 25.4 Å². The van der Waals surface area contributed by atoms with Crippen LogP contribution in [0.15, 0.2) is 58.2 Å². The third kappa shape index (κ3) is 5.29. The molecule has 134 valence electrons. The zero-order valence-corrected chi connectivity index (χ0v) is 14.9. The van der Waals surface area contributed by atoms with Crippen molar-refractivity contribution in [3.63, 3.8) is 0 Å². The number of halogens is 1. The van der Waals surface area contributed by atoms with Gasteiger partial charge in [0, 0.05) is 41.9 Å². The van der Waals surface area contributed by atoms with Crippen LogP contribution in [0.1, 0.15) is 11.6 Å². The standard InChI is InChI=1S/C18H19ClN6O/c19-14-6-4-13(5-7-14)17-24-16(26-25-17)9-12-23-18(20)22-11-8-15-3-1-2-10-21-15/h1-7,10H,8-9,11-12H2,(H3,20,22,23). The molecule has 0 unspecified atom stereocenters. The normalized spacial score (nSPS) is 11.5. The summed E-state index contributed by atoms with van der Waals surface area (Å²) in [6.07, 6.45) is 3.07. The summed E-state index contributed by atoms with van der Waals surface area (Å²) in [5, 5.41) is 7.69. The van der Waals surface area contributed by atoms with Gasteiger partial charge in [0.05, 0.1) is 6.54 Å². The number of rotatable bonds is 7. The first-order chi connectivity index (χ1) is 12.7. The average Bonchev–Trinajstić information content (AvgIpc) is 3.12. The average molecular weight is 371 g/mol. The molecule has 26 heavy (non-hydrogen) atoms. The van der Waals surface area contributed by atoms with Gasteiger partial charge in [-0.1, -0.05) is 22.8 Å². The Labute approximate surface area is 156 Å². The van der Waals surface area contributed by atoms with E-state index in [4.69, 9.17) is 21.9 Å². The Bertz CT molecular complexity index is 848. The van der Waals surface area contributed by atoms with Crippen LogP contribution in [-0.4, -0.2) is 34.2 Å². The minimum absolute atomic E-state index is 0.387. The first-order valence-corrected chi connectivity index (χ1v) is 8.61. The summed E-state index contributed by atoms with van der Waals surface area (Å²) >= 11 is 5.87. The van der Waals surface area contributed by atoms with E-state index in [-0.39, 0.29) is 0 Å². The minimum Gasteiger partial charge on any atom is -0.370 e. The molecule has 0 amide bonds. The Kier molecular flexibility index (Phi) is 6.16. The van der Waals surface area contributed by atoms with E-state index >= 15 is 0 Å². The lowest BCUT2D eigenvalue weighted by Gasteiger charge is -2.04. The number of pyridine rings is 1. The largest absolute Gasteiger partial charge is 0.370 e. The molecular weight excluding hydrogens is 352 g/mol. The summed E-state index contributed by atoms with van der Waals surface area (Å²) in [5.74, 6) is 1.43. The fourth-order valence-electron chi connectivity index (χ4n) is 2.27. The molecule has 1 aromatic carbocycles. The molecule has 2 aromatic heterocycles. The summed E-state index contributed by atoms with van der Waals surface area (Å²) in [6.45, 7) is 1.14. The van der Waals surface area contributed by atoms with Crippen molar-refractivity contribution in [3.05, 3.63) is 65.3 Å². The number of nitrogens with one attached hydrogen (secondary N) is 1. The molecule has 2 heterocycles. The number of hydrogen-bond acceptors (Lipinski definition) is 5. The Hall–Kier alpha value is -2.93. The third-order valence-corrected chi connectivity index (χ3v) is 3.84. The van der Waals surface area contributed by atoms with E-state index in [9.17, 15) is 0 Å². The van der Waals surface area contributed by atoms with E-state index < -0.39 is 0 Å². The summed E-state index contributed by atoms with van der Waals surface area (Å²) in [5.41, 5.74) is 7.71. The van der Waals surface area contributed by atoms with E-state index in [0.29, 0.717) is 42.2 Å². The van der Waals surface area contributed by atoms with Crippen LogP contribution in [0.4, 0.5) is 0 Å². The van der Waals surface area contributed by atoms with Gasteiger partial charge in [-0.3, -0.25) is 9.98 Å². The highest BCUT2D eigenvalue weighted by Crippen LogP contribution is 2.18. The van der Waals surface area contributed by atoms with Crippen molar-refractivity contribution in [2.24, 2.45) is 10.7 Å². The lowest BCUT2D eigenvalue weighted by atomic mass is 10.2. The maximum absolute atomic E-state index is 5.87. The number of nitrogens with two attached hydrogens (primary N) is 1. The first kappa shape index (κ1) is 17.9. The molecule has 0 bridgehead atoms. The van der Waals surface area contributed by atoms with Crippen LogP contribution in [0.2, 0.25) is 5.02 Å². The molecular formula is C18H19ClN6O. The highest BCUT2D eigenvalue weighted by atomic mass is 35.5. The van der Waals surface area contributed by atoms with Gasteiger partial charge in [0.25, 0.3) is 0 Å². The second kappa shape index (κ2) is 8.96. The predicted octanol–water partition coefficient (Wildman–Crippen LogP) is 2.47. The van der Waals surface area contributed by atoms with Crippen molar-refractivity contribution >= 4 is 17.6 Å². The molecule has 0 aliphatic rings. The number of benzene rings is 1. The molecule has 0 fully saturated rings. The second-order valence-corrected chi connectivity index (χ2v) is 5.97. The molecule has 3 aromatic rings. The molecule has 0 saturated heterocycles. The fourth-order valence-corrected chi connectivity index (χ4v) is 2.39. The van der Waals surface area contributed by atoms with Crippen LogP contribution in [0.5, 0.6) is 0 Å². The molecule has 7 nitrogen and oxygen atoms in total. The van der Waals surface area contributed by atoms with Crippen LogP contribution >= 0.6 is 11.6 Å². The third-order valence-electron chi connectivity index (χ3n) is 3.59. The number of aromatic nitrogens is 3. The smallest absolute Gasteiger partial charge is 0.228 e. The minimum atomic E-state index is 0.387. The molecule has 3 rings (SSSR count). The Balaban J connectivity index is 1.43. The lowest BCUT2D eigenvalue weighted by molar-refractivity contribution is 0.380. The second-order valence-electron chi connectivity index (χ2n) is 5.53. The van der Waals surface area contributed by atoms with Crippen LogP contribution < -0.4 is 11.1 Å². The van der Waals surface area contributed by atoms with E-state index in [0.717, 1.165) is 17.7 Å². The predicted molar refractivity (Wildman–Crippen MR) is 101 cm³/mol. The van der Waals surface area contributed by atoms with Gasteiger partial charge in [-0.2, -0.15) is 4.98 Å². The van der Waals surface area contributed by atoms with Gasteiger partial charge in [0.15, 0.2) is 5.96 Å². The Morgan fingerprint density at radius 3 is 2.77 bits per heavy atom. The highest BCUT2D eigenvalue weighted by Gasteiger charge is 2.08. The quantitative estimate of drug-likeness (QED) is 0.489. The van der Waals surface area contributed by atoms with Gasteiger partial charge in [0.1, 0.15) is 0 Å². The molecule has 8 heteroatoms. The van der Waals surface area contributed by atoms with Crippen molar-refractivity contribution in [1.82, 2.24) is 20.4 Å². The van der Waals surface area contributed by atoms with E-state index in [1.807, 2.05) is 30.3 Å². The summed E-state index contributed by atoms with van der Waals surface area (Å²) < 4.78 is 5.24. The van der Waals surface area contributed by atoms with Gasteiger partial charge in [-0.05, 0) is 36.4 Å². The maximum Gasteiger partial charge on any atom is 0.228 e. The summed E-state index contributed by atoms with van der Waals surface area (Å²) in [6, 6.07) is 13.1. The van der Waals surface area contributed by atoms with Crippen LogP contribution in [-0.2, 0) is 12.8 Å². The molecule has 0 aliphatic carbocycles.